The lowest BCUT2D eigenvalue weighted by Crippen LogP contribution is -2.40. The summed E-state index contributed by atoms with van der Waals surface area (Å²) in [6.45, 7) is 1.57. The summed E-state index contributed by atoms with van der Waals surface area (Å²) in [5.41, 5.74) is 0. The number of aliphatic hydroxyl groups is 4. The average Bonchev–Trinajstić information content (AvgIpc) is 2.69. The topological polar surface area (TPSA) is 135 Å². The highest BCUT2D eigenvalue weighted by Crippen LogP contribution is 2.12. The molecule has 5 N–H and O–H groups in total. The molecule has 3 unspecified atom stereocenters. The number of aldehydes is 1. The van der Waals surface area contributed by atoms with E-state index in [1.54, 1.807) is 0 Å². The van der Waals surface area contributed by atoms with Gasteiger partial charge >= 0.3 is 5.97 Å². The third-order valence-electron chi connectivity index (χ3n) is 4.56. The molecule has 0 aromatic heterocycles. The maximum absolute atomic E-state index is 10.3. The predicted molar refractivity (Wildman–Crippen MR) is 109 cm³/mol. The van der Waals surface area contributed by atoms with Crippen molar-refractivity contribution in [3.63, 3.8) is 0 Å². The zero-order valence-corrected chi connectivity index (χ0v) is 17.5. The molecule has 0 aliphatic rings. The molecule has 0 saturated heterocycles. The van der Waals surface area contributed by atoms with Crippen LogP contribution in [-0.2, 0) is 9.59 Å². The van der Waals surface area contributed by atoms with Gasteiger partial charge in [-0.3, -0.25) is 4.79 Å². The van der Waals surface area contributed by atoms with Crippen molar-refractivity contribution in [2.24, 2.45) is 0 Å². The molecule has 3 atom stereocenters. The van der Waals surface area contributed by atoms with Crippen molar-refractivity contribution in [3.8, 4) is 0 Å². The summed E-state index contributed by atoms with van der Waals surface area (Å²) in [6, 6.07) is 0. The van der Waals surface area contributed by atoms with Crippen molar-refractivity contribution in [1.29, 1.82) is 0 Å². The van der Waals surface area contributed by atoms with Gasteiger partial charge in [0.2, 0.25) is 0 Å². The van der Waals surface area contributed by atoms with Gasteiger partial charge in [0.15, 0.2) is 6.29 Å². The molecule has 0 bridgehead atoms. The Balaban J connectivity index is 0. The minimum atomic E-state index is -1.64. The van der Waals surface area contributed by atoms with Gasteiger partial charge in [0.25, 0.3) is 0 Å². The number of rotatable bonds is 18. The summed E-state index contributed by atoms with van der Waals surface area (Å²) < 4.78 is 0. The summed E-state index contributed by atoms with van der Waals surface area (Å²) in [5.74, 6) is -0.655. The highest BCUT2D eigenvalue weighted by Gasteiger charge is 2.22. The van der Waals surface area contributed by atoms with E-state index in [2.05, 4.69) is 6.92 Å². The van der Waals surface area contributed by atoms with Crippen molar-refractivity contribution in [3.05, 3.63) is 0 Å². The maximum Gasteiger partial charge on any atom is 0.303 e. The highest BCUT2D eigenvalue weighted by atomic mass is 16.4. The molecule has 7 nitrogen and oxygen atoms in total. The second-order valence-corrected chi connectivity index (χ2v) is 7.25. The smallest absolute Gasteiger partial charge is 0.303 e. The number of carbonyl (C=O) groups is 2. The predicted octanol–water partition coefficient (Wildman–Crippen LogP) is 2.81. The van der Waals surface area contributed by atoms with E-state index >= 15 is 0 Å². The van der Waals surface area contributed by atoms with Crippen LogP contribution in [0.5, 0.6) is 0 Å². The summed E-state index contributed by atoms with van der Waals surface area (Å²) >= 11 is 0. The summed E-state index contributed by atoms with van der Waals surface area (Å²) in [5, 5.41) is 42.5. The van der Waals surface area contributed by atoms with Crippen molar-refractivity contribution < 1.29 is 35.1 Å². The Hall–Kier alpha value is -1.02. The van der Waals surface area contributed by atoms with Gasteiger partial charge in [-0.25, -0.2) is 0 Å². The Morgan fingerprint density at radius 1 is 0.786 bits per heavy atom. The van der Waals surface area contributed by atoms with Crippen LogP contribution >= 0.6 is 0 Å². The van der Waals surface area contributed by atoms with Crippen molar-refractivity contribution >= 4 is 12.3 Å². The van der Waals surface area contributed by atoms with E-state index in [1.807, 2.05) is 0 Å². The minimum absolute atomic E-state index is 0.0869. The van der Waals surface area contributed by atoms with Crippen LogP contribution in [0, 0.1) is 0 Å². The Morgan fingerprint density at radius 3 is 1.50 bits per heavy atom. The Labute approximate surface area is 169 Å². The van der Waals surface area contributed by atoms with Crippen LogP contribution in [0.4, 0.5) is 0 Å². The summed E-state index contributed by atoms with van der Waals surface area (Å²) in [7, 11) is 0. The average molecular weight is 407 g/mol. The number of carbonyl (C=O) groups excluding carboxylic acids is 1. The van der Waals surface area contributed by atoms with Crippen LogP contribution in [0.15, 0.2) is 0 Å². The fourth-order valence-corrected chi connectivity index (χ4v) is 2.71. The Kier molecular flexibility index (Phi) is 23.2. The molecule has 7 heteroatoms. The summed E-state index contributed by atoms with van der Waals surface area (Å²) in [6.07, 6.45) is 12.6. The van der Waals surface area contributed by atoms with Crippen LogP contribution in [-0.4, -0.2) is 62.7 Å². The van der Waals surface area contributed by atoms with Gasteiger partial charge in [-0.1, -0.05) is 84.0 Å². The number of aliphatic hydroxyl groups excluding tert-OH is 4. The Morgan fingerprint density at radius 2 is 1.18 bits per heavy atom. The molecule has 0 amide bonds. The van der Waals surface area contributed by atoms with E-state index in [9.17, 15) is 9.59 Å². The highest BCUT2D eigenvalue weighted by molar-refractivity contribution is 5.66. The maximum atomic E-state index is 10.3. The number of hydrogen-bond donors (Lipinski definition) is 5. The van der Waals surface area contributed by atoms with Crippen molar-refractivity contribution in [1.82, 2.24) is 0 Å². The third kappa shape index (κ3) is 21.3. The van der Waals surface area contributed by atoms with E-state index in [-0.39, 0.29) is 6.29 Å². The number of carboxylic acids is 1. The van der Waals surface area contributed by atoms with E-state index in [0.29, 0.717) is 6.42 Å². The van der Waals surface area contributed by atoms with E-state index in [4.69, 9.17) is 25.5 Å². The van der Waals surface area contributed by atoms with Gasteiger partial charge in [0.05, 0.1) is 6.61 Å². The van der Waals surface area contributed by atoms with Gasteiger partial charge < -0.3 is 30.3 Å². The molecule has 0 spiro atoms. The van der Waals surface area contributed by atoms with Crippen LogP contribution in [0.2, 0.25) is 0 Å². The first-order chi connectivity index (χ1) is 13.4. The molecule has 0 aliphatic carbocycles. The second-order valence-electron chi connectivity index (χ2n) is 7.25. The van der Waals surface area contributed by atoms with Crippen molar-refractivity contribution in [2.45, 2.75) is 115 Å². The lowest BCUT2D eigenvalue weighted by Gasteiger charge is -2.16. The van der Waals surface area contributed by atoms with E-state index in [0.717, 1.165) is 12.8 Å². The van der Waals surface area contributed by atoms with Crippen molar-refractivity contribution in [2.75, 3.05) is 6.61 Å². The number of aliphatic carboxylic acids is 1. The van der Waals surface area contributed by atoms with Gasteiger partial charge in [-0.05, 0) is 6.42 Å². The zero-order valence-electron chi connectivity index (χ0n) is 17.5. The fraction of sp³-hybridized carbons (Fsp3) is 0.905. The van der Waals surface area contributed by atoms with Crippen LogP contribution in [0.25, 0.3) is 0 Å². The molecule has 0 aromatic carbocycles. The molecule has 0 aliphatic heterocycles. The normalized spacial score (nSPS) is 13.9. The number of hydrogen-bond acceptors (Lipinski definition) is 6. The van der Waals surface area contributed by atoms with Gasteiger partial charge in [-0.15, -0.1) is 0 Å². The minimum Gasteiger partial charge on any atom is -0.481 e. The number of carboxylic acid groups (broad SMARTS) is 1. The molecule has 168 valence electrons. The SMILES string of the molecule is CCCCCCCCCCCCCCCC(=O)O.O=CC(O)C(O)C(O)CO. The van der Waals surface area contributed by atoms with Gasteiger partial charge in [0, 0.05) is 6.42 Å². The number of unbranched alkanes of at least 4 members (excludes halogenated alkanes) is 12. The molecular formula is C21H42O7. The zero-order chi connectivity index (χ0) is 21.6. The van der Waals surface area contributed by atoms with E-state index < -0.39 is 30.9 Å². The van der Waals surface area contributed by atoms with Gasteiger partial charge in [-0.2, -0.15) is 0 Å². The monoisotopic (exact) mass is 406 g/mol. The van der Waals surface area contributed by atoms with Crippen LogP contribution < -0.4 is 0 Å². The molecule has 0 rings (SSSR count). The molecule has 0 heterocycles. The first kappa shape index (κ1) is 29.2. The molecule has 0 saturated carbocycles. The second kappa shape index (κ2) is 22.3. The molecule has 0 fully saturated rings. The largest absolute Gasteiger partial charge is 0.481 e. The first-order valence-corrected chi connectivity index (χ1v) is 10.7. The lowest BCUT2D eigenvalue weighted by atomic mass is 10.0. The van der Waals surface area contributed by atoms with E-state index in [1.165, 1.54) is 70.6 Å². The van der Waals surface area contributed by atoms with Crippen LogP contribution in [0.1, 0.15) is 96.8 Å². The molecule has 28 heavy (non-hydrogen) atoms. The van der Waals surface area contributed by atoms with Gasteiger partial charge in [0.1, 0.15) is 18.3 Å². The summed E-state index contributed by atoms with van der Waals surface area (Å²) in [4.78, 5) is 20.1. The molecule has 0 radical (unpaired) electrons. The first-order valence-electron chi connectivity index (χ1n) is 10.7. The standard InChI is InChI=1S/C16H32O2.C5H10O5/c1-2-3-4-5-6-7-8-9-10-11-12-13-14-15-16(17)18;6-1-3(8)5(10)4(9)2-7/h2-15H2,1H3,(H,17,18);1,3-5,7-10H,2H2. The fourth-order valence-electron chi connectivity index (χ4n) is 2.71. The molecular weight excluding hydrogens is 364 g/mol. The molecule has 0 aromatic rings. The lowest BCUT2D eigenvalue weighted by molar-refractivity contribution is -0.137. The van der Waals surface area contributed by atoms with Crippen LogP contribution in [0.3, 0.4) is 0 Å². The quantitative estimate of drug-likeness (QED) is 0.174. The Bertz CT molecular complexity index is 350. The third-order valence-corrected chi connectivity index (χ3v) is 4.56.